The Balaban J connectivity index is 1.82. The van der Waals surface area contributed by atoms with Crippen LogP contribution in [0.2, 0.25) is 0 Å². The summed E-state index contributed by atoms with van der Waals surface area (Å²) < 4.78 is 7.58. The maximum absolute atomic E-state index is 6.18. The van der Waals surface area contributed by atoms with Gasteiger partial charge in [-0.25, -0.2) is 4.68 Å². The zero-order valence-electron chi connectivity index (χ0n) is 10.5. The lowest BCUT2D eigenvalue weighted by atomic mass is 10.0. The van der Waals surface area contributed by atoms with Crippen molar-refractivity contribution in [1.82, 2.24) is 15.0 Å². The largest absolute Gasteiger partial charge is 0.378 e. The Kier molecular flexibility index (Phi) is 4.50. The zero-order chi connectivity index (χ0) is 12.1. The van der Waals surface area contributed by atoms with E-state index in [9.17, 15) is 0 Å². The fraction of sp³-hybridized carbons (Fsp3) is 0.833. The lowest BCUT2D eigenvalue weighted by Gasteiger charge is -2.23. The first-order valence-electron chi connectivity index (χ1n) is 6.56. The maximum atomic E-state index is 6.18. The molecule has 1 fully saturated rings. The standard InChI is InChI=1S/C12H22N4O/c1-2-16-12(9-14-15-16)11(13)7-6-10-5-3-4-8-17-10/h9-11H,2-8,13H2,1H3. The summed E-state index contributed by atoms with van der Waals surface area (Å²) in [4.78, 5) is 0. The Labute approximate surface area is 102 Å². The van der Waals surface area contributed by atoms with E-state index in [0.29, 0.717) is 6.10 Å². The summed E-state index contributed by atoms with van der Waals surface area (Å²) in [5.41, 5.74) is 7.21. The van der Waals surface area contributed by atoms with Crippen LogP contribution >= 0.6 is 0 Å². The molecule has 1 aromatic heterocycles. The number of aryl methyl sites for hydroxylation is 1. The molecular weight excluding hydrogens is 216 g/mol. The van der Waals surface area contributed by atoms with Gasteiger partial charge in [-0.15, -0.1) is 5.10 Å². The van der Waals surface area contributed by atoms with Crippen LogP contribution in [0, 0.1) is 0 Å². The number of hydrogen-bond acceptors (Lipinski definition) is 4. The molecule has 2 heterocycles. The molecule has 2 N–H and O–H groups in total. The van der Waals surface area contributed by atoms with Crippen LogP contribution in [0.1, 0.15) is 50.8 Å². The molecule has 0 radical (unpaired) electrons. The molecule has 5 nitrogen and oxygen atoms in total. The highest BCUT2D eigenvalue weighted by Crippen LogP contribution is 2.21. The van der Waals surface area contributed by atoms with E-state index in [1.165, 1.54) is 19.3 Å². The molecule has 1 aromatic rings. The average Bonchev–Trinajstić information content (AvgIpc) is 2.85. The summed E-state index contributed by atoms with van der Waals surface area (Å²) in [6.07, 6.45) is 7.83. The van der Waals surface area contributed by atoms with Crippen molar-refractivity contribution in [3.63, 3.8) is 0 Å². The summed E-state index contributed by atoms with van der Waals surface area (Å²) in [6.45, 7) is 3.78. The van der Waals surface area contributed by atoms with Gasteiger partial charge in [0, 0.05) is 19.2 Å². The predicted molar refractivity (Wildman–Crippen MR) is 65.4 cm³/mol. The van der Waals surface area contributed by atoms with Gasteiger partial charge in [0.05, 0.1) is 18.0 Å². The van der Waals surface area contributed by atoms with Crippen molar-refractivity contribution in [3.05, 3.63) is 11.9 Å². The highest BCUT2D eigenvalue weighted by molar-refractivity contribution is 5.01. The van der Waals surface area contributed by atoms with Crippen LogP contribution < -0.4 is 5.73 Å². The van der Waals surface area contributed by atoms with Gasteiger partial charge in [-0.3, -0.25) is 0 Å². The van der Waals surface area contributed by atoms with Crippen LogP contribution in [0.3, 0.4) is 0 Å². The van der Waals surface area contributed by atoms with Gasteiger partial charge in [-0.1, -0.05) is 5.21 Å². The summed E-state index contributed by atoms with van der Waals surface area (Å²) in [5, 5.41) is 7.92. The minimum atomic E-state index is 0.0236. The average molecular weight is 238 g/mol. The monoisotopic (exact) mass is 238 g/mol. The molecular formula is C12H22N4O. The quantitative estimate of drug-likeness (QED) is 0.847. The molecule has 1 saturated heterocycles. The van der Waals surface area contributed by atoms with Crippen LogP contribution in [-0.2, 0) is 11.3 Å². The molecule has 0 bridgehead atoms. The third kappa shape index (κ3) is 3.26. The maximum Gasteiger partial charge on any atom is 0.0754 e. The van der Waals surface area contributed by atoms with Crippen LogP contribution in [0.25, 0.3) is 0 Å². The van der Waals surface area contributed by atoms with Crippen molar-refractivity contribution in [3.8, 4) is 0 Å². The van der Waals surface area contributed by atoms with Gasteiger partial charge in [0.1, 0.15) is 0 Å². The van der Waals surface area contributed by atoms with Gasteiger partial charge in [0.25, 0.3) is 0 Å². The Morgan fingerprint density at radius 3 is 3.18 bits per heavy atom. The van der Waals surface area contributed by atoms with E-state index in [0.717, 1.165) is 31.7 Å². The highest BCUT2D eigenvalue weighted by atomic mass is 16.5. The van der Waals surface area contributed by atoms with Gasteiger partial charge in [-0.05, 0) is 39.0 Å². The number of aromatic nitrogens is 3. The van der Waals surface area contributed by atoms with Gasteiger partial charge < -0.3 is 10.5 Å². The normalized spacial score (nSPS) is 22.6. The number of nitrogens with zero attached hydrogens (tertiary/aromatic N) is 3. The van der Waals surface area contributed by atoms with Crippen LogP contribution in [-0.4, -0.2) is 27.7 Å². The van der Waals surface area contributed by atoms with E-state index < -0.39 is 0 Å². The van der Waals surface area contributed by atoms with Crippen molar-refractivity contribution < 1.29 is 4.74 Å². The molecule has 2 atom stereocenters. The smallest absolute Gasteiger partial charge is 0.0754 e. The molecule has 0 aliphatic carbocycles. The Morgan fingerprint density at radius 1 is 1.59 bits per heavy atom. The first-order chi connectivity index (χ1) is 8.31. The Hall–Kier alpha value is -0.940. The lowest BCUT2D eigenvalue weighted by Crippen LogP contribution is -2.22. The van der Waals surface area contributed by atoms with Crippen molar-refractivity contribution in [1.29, 1.82) is 0 Å². The molecule has 0 aromatic carbocycles. The minimum absolute atomic E-state index is 0.0236. The summed E-state index contributed by atoms with van der Waals surface area (Å²) in [6, 6.07) is 0.0236. The SMILES string of the molecule is CCn1nncc1C(N)CCC1CCCCO1. The molecule has 2 unspecified atom stereocenters. The molecule has 17 heavy (non-hydrogen) atoms. The van der Waals surface area contributed by atoms with Gasteiger partial charge in [0.15, 0.2) is 0 Å². The van der Waals surface area contributed by atoms with Gasteiger partial charge in [-0.2, -0.15) is 0 Å². The third-order valence-electron chi connectivity index (χ3n) is 3.40. The van der Waals surface area contributed by atoms with E-state index in [2.05, 4.69) is 17.2 Å². The van der Waals surface area contributed by atoms with Crippen molar-refractivity contribution in [2.45, 2.75) is 57.7 Å². The number of ether oxygens (including phenoxy) is 1. The Bertz CT molecular complexity index is 333. The van der Waals surface area contributed by atoms with E-state index in [1.807, 2.05) is 4.68 Å². The second kappa shape index (κ2) is 6.12. The second-order valence-corrected chi connectivity index (χ2v) is 4.65. The van der Waals surface area contributed by atoms with Crippen molar-refractivity contribution >= 4 is 0 Å². The van der Waals surface area contributed by atoms with Gasteiger partial charge >= 0.3 is 0 Å². The van der Waals surface area contributed by atoms with E-state index in [1.54, 1.807) is 6.20 Å². The van der Waals surface area contributed by atoms with Crippen LogP contribution in [0.15, 0.2) is 6.20 Å². The number of nitrogens with two attached hydrogens (primary N) is 1. The molecule has 0 spiro atoms. The van der Waals surface area contributed by atoms with Crippen molar-refractivity contribution in [2.24, 2.45) is 5.73 Å². The molecule has 1 aliphatic rings. The first kappa shape index (κ1) is 12.5. The summed E-state index contributed by atoms with van der Waals surface area (Å²) in [7, 11) is 0. The fourth-order valence-corrected chi connectivity index (χ4v) is 2.35. The molecule has 0 saturated carbocycles. The molecule has 96 valence electrons. The number of rotatable bonds is 5. The highest BCUT2D eigenvalue weighted by Gasteiger charge is 2.17. The van der Waals surface area contributed by atoms with Crippen LogP contribution in [0.5, 0.6) is 0 Å². The first-order valence-corrected chi connectivity index (χ1v) is 6.56. The molecule has 0 amide bonds. The van der Waals surface area contributed by atoms with E-state index in [-0.39, 0.29) is 6.04 Å². The Morgan fingerprint density at radius 2 is 2.47 bits per heavy atom. The number of hydrogen-bond donors (Lipinski definition) is 1. The second-order valence-electron chi connectivity index (χ2n) is 4.65. The summed E-state index contributed by atoms with van der Waals surface area (Å²) >= 11 is 0. The van der Waals surface area contributed by atoms with Gasteiger partial charge in [0.2, 0.25) is 0 Å². The minimum Gasteiger partial charge on any atom is -0.378 e. The topological polar surface area (TPSA) is 66.0 Å². The van der Waals surface area contributed by atoms with Crippen LogP contribution in [0.4, 0.5) is 0 Å². The molecule has 1 aliphatic heterocycles. The zero-order valence-corrected chi connectivity index (χ0v) is 10.5. The molecule has 5 heteroatoms. The summed E-state index contributed by atoms with van der Waals surface area (Å²) in [5.74, 6) is 0. The van der Waals surface area contributed by atoms with E-state index in [4.69, 9.17) is 10.5 Å². The lowest BCUT2D eigenvalue weighted by molar-refractivity contribution is 0.00901. The predicted octanol–water partition coefficient (Wildman–Crippen LogP) is 1.65. The van der Waals surface area contributed by atoms with E-state index >= 15 is 0 Å². The fourth-order valence-electron chi connectivity index (χ4n) is 2.35. The molecule has 2 rings (SSSR count). The van der Waals surface area contributed by atoms with Crippen molar-refractivity contribution in [2.75, 3.05) is 6.61 Å². The third-order valence-corrected chi connectivity index (χ3v) is 3.40.